The molecule has 0 aliphatic carbocycles. The molecule has 0 spiro atoms. The van der Waals surface area contributed by atoms with Crippen LogP contribution in [0.1, 0.15) is 23.2 Å². The van der Waals surface area contributed by atoms with Crippen molar-refractivity contribution in [1.82, 2.24) is 14.7 Å². The van der Waals surface area contributed by atoms with Gasteiger partial charge in [0.25, 0.3) is 5.91 Å². The number of sulfonamides is 1. The average molecular weight is 447 g/mol. The molecule has 2 N–H and O–H groups in total. The molecule has 1 saturated heterocycles. The highest BCUT2D eigenvalue weighted by molar-refractivity contribution is 7.89. The number of rotatable bonds is 5. The van der Waals surface area contributed by atoms with Gasteiger partial charge in [-0.2, -0.15) is 4.31 Å². The van der Waals surface area contributed by atoms with Gasteiger partial charge < -0.3 is 9.47 Å². The molecule has 9 nitrogen and oxygen atoms in total. The number of thiazole rings is 1. The van der Waals surface area contributed by atoms with E-state index in [9.17, 15) is 13.2 Å². The maximum Gasteiger partial charge on any atom is 0.269 e. The predicted octanol–water partition coefficient (Wildman–Crippen LogP) is 2.57. The number of carbonyl (C=O) groups is 1. The number of anilines is 1. The monoisotopic (exact) mass is 446 g/mol. The zero-order valence-electron chi connectivity index (χ0n) is 15.8. The SMILES string of the molecule is O=C(NNc1nc2cc3c(cc2s1)OCO3)c1ccc(S(=O)(=O)N2CCCC2)cc1. The van der Waals surface area contributed by atoms with Crippen molar-refractivity contribution < 1.29 is 22.7 Å². The maximum atomic E-state index is 12.6. The highest BCUT2D eigenvalue weighted by atomic mass is 32.2. The molecule has 1 aromatic heterocycles. The third-order valence-electron chi connectivity index (χ3n) is 4.99. The van der Waals surface area contributed by atoms with Gasteiger partial charge >= 0.3 is 0 Å². The molecular formula is C19H18N4O5S2. The van der Waals surface area contributed by atoms with Gasteiger partial charge in [0.2, 0.25) is 21.9 Å². The Morgan fingerprint density at radius 2 is 1.77 bits per heavy atom. The van der Waals surface area contributed by atoms with E-state index in [2.05, 4.69) is 15.8 Å². The van der Waals surface area contributed by atoms with Crippen molar-refractivity contribution in [3.63, 3.8) is 0 Å². The second-order valence-corrected chi connectivity index (χ2v) is 9.88. The van der Waals surface area contributed by atoms with Crippen molar-refractivity contribution in [3.05, 3.63) is 42.0 Å². The molecule has 3 aromatic rings. The molecular weight excluding hydrogens is 428 g/mol. The quantitative estimate of drug-likeness (QED) is 0.580. The number of nitrogens with one attached hydrogen (secondary N) is 2. The number of hydrazine groups is 1. The van der Waals surface area contributed by atoms with E-state index < -0.39 is 15.9 Å². The number of amides is 1. The van der Waals surface area contributed by atoms with Crippen molar-refractivity contribution in [3.8, 4) is 11.5 Å². The lowest BCUT2D eigenvalue weighted by Gasteiger charge is -2.15. The Hall–Kier alpha value is -2.89. The molecule has 0 bridgehead atoms. The Morgan fingerprint density at radius 3 is 2.50 bits per heavy atom. The zero-order valence-corrected chi connectivity index (χ0v) is 17.4. The van der Waals surface area contributed by atoms with Crippen LogP contribution in [0.3, 0.4) is 0 Å². The fourth-order valence-electron chi connectivity index (χ4n) is 3.41. The van der Waals surface area contributed by atoms with Crippen molar-refractivity contribution in [2.24, 2.45) is 0 Å². The molecule has 2 aliphatic rings. The van der Waals surface area contributed by atoms with Crippen LogP contribution in [0.5, 0.6) is 11.5 Å². The lowest BCUT2D eigenvalue weighted by Crippen LogP contribution is -2.30. The van der Waals surface area contributed by atoms with Crippen LogP contribution in [0.2, 0.25) is 0 Å². The van der Waals surface area contributed by atoms with Crippen LogP contribution in [0.15, 0.2) is 41.3 Å². The second kappa shape index (κ2) is 7.42. The number of fused-ring (bicyclic) bond motifs is 2. The summed E-state index contributed by atoms with van der Waals surface area (Å²) in [6.45, 7) is 1.28. The Bertz CT molecular complexity index is 1180. The molecule has 30 heavy (non-hydrogen) atoms. The van der Waals surface area contributed by atoms with Gasteiger partial charge in [0.15, 0.2) is 11.5 Å². The summed E-state index contributed by atoms with van der Waals surface area (Å²) >= 11 is 1.36. The van der Waals surface area contributed by atoms with Crippen LogP contribution in [-0.4, -0.2) is 43.5 Å². The first kappa shape index (κ1) is 19.1. The summed E-state index contributed by atoms with van der Waals surface area (Å²) in [6, 6.07) is 9.56. The first-order chi connectivity index (χ1) is 14.5. The van der Waals surface area contributed by atoms with E-state index in [0.717, 1.165) is 23.1 Å². The number of nitrogens with zero attached hydrogens (tertiary/aromatic N) is 2. The smallest absolute Gasteiger partial charge is 0.269 e. The molecule has 2 aliphatic heterocycles. The number of hydrogen-bond acceptors (Lipinski definition) is 8. The number of aromatic nitrogens is 1. The molecule has 156 valence electrons. The molecule has 5 rings (SSSR count). The minimum Gasteiger partial charge on any atom is -0.454 e. The second-order valence-electron chi connectivity index (χ2n) is 6.91. The summed E-state index contributed by atoms with van der Waals surface area (Å²) in [4.78, 5) is 17.0. The summed E-state index contributed by atoms with van der Waals surface area (Å²) in [5.41, 5.74) is 6.45. The summed E-state index contributed by atoms with van der Waals surface area (Å²) < 4.78 is 38.2. The van der Waals surface area contributed by atoms with Crippen molar-refractivity contribution in [2.75, 3.05) is 25.3 Å². The Balaban J connectivity index is 1.26. The number of ether oxygens (including phenoxy) is 2. The summed E-state index contributed by atoms with van der Waals surface area (Å²) in [7, 11) is -3.50. The average Bonchev–Trinajstić information content (AvgIpc) is 3.50. The van der Waals surface area contributed by atoms with E-state index in [1.54, 1.807) is 6.07 Å². The van der Waals surface area contributed by atoms with Gasteiger partial charge in [-0.05, 0) is 37.1 Å². The molecule has 0 unspecified atom stereocenters. The van der Waals surface area contributed by atoms with Crippen molar-refractivity contribution in [2.45, 2.75) is 17.7 Å². The largest absolute Gasteiger partial charge is 0.454 e. The lowest BCUT2D eigenvalue weighted by molar-refractivity contribution is 0.0962. The zero-order chi connectivity index (χ0) is 20.7. The van der Waals surface area contributed by atoms with E-state index >= 15 is 0 Å². The van der Waals surface area contributed by atoms with Gasteiger partial charge in [0.1, 0.15) is 0 Å². The summed E-state index contributed by atoms with van der Waals surface area (Å²) in [6.07, 6.45) is 1.75. The fraction of sp³-hybridized carbons (Fsp3) is 0.263. The number of hydrogen-bond donors (Lipinski definition) is 2. The molecule has 0 radical (unpaired) electrons. The molecule has 0 saturated carbocycles. The van der Waals surface area contributed by atoms with Gasteiger partial charge in [-0.25, -0.2) is 13.4 Å². The van der Waals surface area contributed by atoms with Crippen LogP contribution in [0, 0.1) is 0 Å². The van der Waals surface area contributed by atoms with Crippen LogP contribution in [0.25, 0.3) is 10.2 Å². The molecule has 11 heteroatoms. The Labute approximate surface area is 176 Å². The first-order valence-electron chi connectivity index (χ1n) is 9.37. The van der Waals surface area contributed by atoms with Gasteiger partial charge in [0, 0.05) is 30.8 Å². The Morgan fingerprint density at radius 1 is 1.07 bits per heavy atom. The third kappa shape index (κ3) is 3.44. The highest BCUT2D eigenvalue weighted by Gasteiger charge is 2.27. The summed E-state index contributed by atoms with van der Waals surface area (Å²) in [5.74, 6) is 0.923. The normalized spacial score (nSPS) is 16.1. The van der Waals surface area contributed by atoms with Gasteiger partial charge in [0.05, 0.1) is 15.1 Å². The van der Waals surface area contributed by atoms with Crippen LogP contribution in [0.4, 0.5) is 5.13 Å². The molecule has 1 amide bonds. The van der Waals surface area contributed by atoms with E-state index in [1.807, 2.05) is 6.07 Å². The highest BCUT2D eigenvalue weighted by Crippen LogP contribution is 2.38. The van der Waals surface area contributed by atoms with Crippen LogP contribution >= 0.6 is 11.3 Å². The van der Waals surface area contributed by atoms with Crippen molar-refractivity contribution >= 4 is 42.6 Å². The molecule has 1 fully saturated rings. The molecule has 3 heterocycles. The summed E-state index contributed by atoms with van der Waals surface area (Å²) in [5, 5.41) is 0.509. The number of benzene rings is 2. The van der Waals surface area contributed by atoms with Crippen LogP contribution < -0.4 is 20.3 Å². The van der Waals surface area contributed by atoms with E-state index in [0.29, 0.717) is 35.3 Å². The van der Waals surface area contributed by atoms with Gasteiger partial charge in [-0.3, -0.25) is 15.6 Å². The van der Waals surface area contributed by atoms with Gasteiger partial charge in [-0.15, -0.1) is 0 Å². The van der Waals surface area contributed by atoms with E-state index in [-0.39, 0.29) is 11.7 Å². The lowest BCUT2D eigenvalue weighted by atomic mass is 10.2. The maximum absolute atomic E-state index is 12.6. The minimum absolute atomic E-state index is 0.192. The standard InChI is InChI=1S/C19H18N4O5S2/c24-18(12-3-5-13(6-4-12)30(25,26)23-7-1-2-8-23)21-22-19-20-14-9-15-16(28-11-27-15)10-17(14)29-19/h3-6,9-10H,1-2,7-8,11H2,(H,20,22)(H,21,24). The molecule has 2 aromatic carbocycles. The first-order valence-corrected chi connectivity index (χ1v) is 11.6. The van der Waals surface area contributed by atoms with E-state index in [1.165, 1.54) is 39.9 Å². The fourth-order valence-corrected chi connectivity index (χ4v) is 5.76. The molecule has 0 atom stereocenters. The minimum atomic E-state index is -3.50. The van der Waals surface area contributed by atoms with Gasteiger partial charge in [-0.1, -0.05) is 11.3 Å². The van der Waals surface area contributed by atoms with E-state index in [4.69, 9.17) is 9.47 Å². The Kier molecular flexibility index (Phi) is 4.72. The predicted molar refractivity (Wildman–Crippen MR) is 111 cm³/mol. The van der Waals surface area contributed by atoms with Crippen molar-refractivity contribution in [1.29, 1.82) is 0 Å². The topological polar surface area (TPSA) is 110 Å². The third-order valence-corrected chi connectivity index (χ3v) is 7.83. The number of carbonyl (C=O) groups excluding carboxylic acids is 1. The van der Waals surface area contributed by atoms with Crippen LogP contribution in [-0.2, 0) is 10.0 Å².